The molecule has 0 atom stereocenters. The molecule has 1 aromatic rings. The van der Waals surface area contributed by atoms with Crippen molar-refractivity contribution < 1.29 is 4.79 Å². The van der Waals surface area contributed by atoms with Gasteiger partial charge in [-0.1, -0.05) is 26.7 Å². The number of nitrogens with two attached hydrogens (primary N) is 1. The van der Waals surface area contributed by atoms with E-state index in [1.807, 2.05) is 19.1 Å². The third kappa shape index (κ3) is 4.10. The second kappa shape index (κ2) is 6.28. The van der Waals surface area contributed by atoms with Gasteiger partial charge in [-0.3, -0.25) is 4.79 Å². The molecular formula is C14H22N2O. The van der Waals surface area contributed by atoms with Gasteiger partial charge in [0.1, 0.15) is 0 Å². The summed E-state index contributed by atoms with van der Waals surface area (Å²) in [6, 6.07) is 5.44. The van der Waals surface area contributed by atoms with Crippen LogP contribution in [0.4, 0.5) is 5.69 Å². The van der Waals surface area contributed by atoms with Crippen molar-refractivity contribution in [2.75, 3.05) is 12.3 Å². The Hall–Kier alpha value is -1.51. The molecule has 0 unspecified atom stereocenters. The topological polar surface area (TPSA) is 55.1 Å². The maximum Gasteiger partial charge on any atom is 0.251 e. The highest BCUT2D eigenvalue weighted by Gasteiger charge is 2.09. The lowest BCUT2D eigenvalue weighted by Gasteiger charge is -2.13. The van der Waals surface area contributed by atoms with Crippen LogP contribution < -0.4 is 11.1 Å². The standard InChI is InChI=1S/C14H22N2O/c1-4-11(5-2)9-16-14(17)12-6-10(3)7-13(15)8-12/h6-8,11H,4-5,9,15H2,1-3H3,(H,16,17). The van der Waals surface area contributed by atoms with Crippen LogP contribution in [-0.4, -0.2) is 12.5 Å². The quantitative estimate of drug-likeness (QED) is 0.770. The number of carbonyl (C=O) groups excluding carboxylic acids is 1. The zero-order valence-electron chi connectivity index (χ0n) is 10.9. The number of anilines is 1. The molecule has 0 aromatic heterocycles. The second-order valence-corrected chi connectivity index (χ2v) is 4.52. The summed E-state index contributed by atoms with van der Waals surface area (Å²) in [7, 11) is 0. The molecule has 0 bridgehead atoms. The number of nitrogens with one attached hydrogen (secondary N) is 1. The minimum Gasteiger partial charge on any atom is -0.399 e. The number of hydrogen-bond donors (Lipinski definition) is 2. The Kier molecular flexibility index (Phi) is 5.01. The fourth-order valence-corrected chi connectivity index (χ4v) is 1.86. The van der Waals surface area contributed by atoms with Crippen LogP contribution in [0, 0.1) is 12.8 Å². The molecule has 3 N–H and O–H groups in total. The van der Waals surface area contributed by atoms with Crippen LogP contribution in [0.1, 0.15) is 42.6 Å². The first-order valence-corrected chi connectivity index (χ1v) is 6.22. The fraction of sp³-hybridized carbons (Fsp3) is 0.500. The number of rotatable bonds is 5. The predicted molar refractivity (Wildman–Crippen MR) is 72.0 cm³/mol. The fourth-order valence-electron chi connectivity index (χ4n) is 1.86. The number of hydrogen-bond acceptors (Lipinski definition) is 2. The minimum atomic E-state index is -0.0349. The van der Waals surface area contributed by atoms with E-state index in [-0.39, 0.29) is 5.91 Å². The highest BCUT2D eigenvalue weighted by atomic mass is 16.1. The van der Waals surface area contributed by atoms with E-state index in [1.54, 1.807) is 6.07 Å². The Labute approximate surface area is 103 Å². The molecule has 3 nitrogen and oxygen atoms in total. The van der Waals surface area contributed by atoms with Crippen molar-refractivity contribution in [1.82, 2.24) is 5.32 Å². The van der Waals surface area contributed by atoms with Gasteiger partial charge in [-0.05, 0) is 36.6 Å². The smallest absolute Gasteiger partial charge is 0.251 e. The van der Waals surface area contributed by atoms with Gasteiger partial charge in [0.05, 0.1) is 0 Å². The van der Waals surface area contributed by atoms with Gasteiger partial charge in [-0.15, -0.1) is 0 Å². The molecule has 1 rings (SSSR count). The average molecular weight is 234 g/mol. The summed E-state index contributed by atoms with van der Waals surface area (Å²) < 4.78 is 0. The molecular weight excluding hydrogens is 212 g/mol. The zero-order chi connectivity index (χ0) is 12.8. The van der Waals surface area contributed by atoms with E-state index in [4.69, 9.17) is 5.73 Å². The van der Waals surface area contributed by atoms with Gasteiger partial charge in [0, 0.05) is 17.8 Å². The lowest BCUT2D eigenvalue weighted by molar-refractivity contribution is 0.0946. The highest BCUT2D eigenvalue weighted by Crippen LogP contribution is 2.12. The molecule has 0 radical (unpaired) electrons. The normalized spacial score (nSPS) is 10.6. The van der Waals surface area contributed by atoms with E-state index in [1.165, 1.54) is 0 Å². The maximum atomic E-state index is 11.9. The Balaban J connectivity index is 2.63. The molecule has 0 aliphatic rings. The number of amides is 1. The van der Waals surface area contributed by atoms with Gasteiger partial charge < -0.3 is 11.1 Å². The van der Waals surface area contributed by atoms with Crippen molar-refractivity contribution in [2.24, 2.45) is 5.92 Å². The minimum absolute atomic E-state index is 0.0349. The molecule has 0 aliphatic heterocycles. The van der Waals surface area contributed by atoms with E-state index < -0.39 is 0 Å². The van der Waals surface area contributed by atoms with Crippen molar-refractivity contribution in [3.05, 3.63) is 29.3 Å². The van der Waals surface area contributed by atoms with Crippen molar-refractivity contribution in [2.45, 2.75) is 33.6 Å². The molecule has 1 amide bonds. The third-order valence-electron chi connectivity index (χ3n) is 3.07. The summed E-state index contributed by atoms with van der Waals surface area (Å²) in [5.74, 6) is 0.522. The predicted octanol–water partition coefficient (Wildman–Crippen LogP) is 2.74. The summed E-state index contributed by atoms with van der Waals surface area (Å²) in [4.78, 5) is 11.9. The van der Waals surface area contributed by atoms with Crippen LogP contribution in [-0.2, 0) is 0 Å². The largest absolute Gasteiger partial charge is 0.399 e. The summed E-state index contributed by atoms with van der Waals surface area (Å²) in [6.07, 6.45) is 2.18. The Morgan fingerprint density at radius 3 is 2.47 bits per heavy atom. The second-order valence-electron chi connectivity index (χ2n) is 4.52. The van der Waals surface area contributed by atoms with Gasteiger partial charge in [0.2, 0.25) is 0 Å². The molecule has 0 saturated carbocycles. The van der Waals surface area contributed by atoms with Gasteiger partial charge in [-0.25, -0.2) is 0 Å². The van der Waals surface area contributed by atoms with Crippen LogP contribution in [0.15, 0.2) is 18.2 Å². The van der Waals surface area contributed by atoms with E-state index >= 15 is 0 Å². The Morgan fingerprint density at radius 2 is 1.94 bits per heavy atom. The molecule has 94 valence electrons. The first-order chi connectivity index (χ1) is 8.06. The molecule has 0 aliphatic carbocycles. The van der Waals surface area contributed by atoms with Crippen LogP contribution in [0.3, 0.4) is 0 Å². The lowest BCUT2D eigenvalue weighted by Crippen LogP contribution is -2.29. The molecule has 0 fully saturated rings. The van der Waals surface area contributed by atoms with Gasteiger partial charge in [-0.2, -0.15) is 0 Å². The average Bonchev–Trinajstić information content (AvgIpc) is 2.28. The number of benzene rings is 1. The van der Waals surface area contributed by atoms with E-state index in [2.05, 4.69) is 19.2 Å². The van der Waals surface area contributed by atoms with Crippen molar-refractivity contribution in [1.29, 1.82) is 0 Å². The first kappa shape index (κ1) is 13.6. The van der Waals surface area contributed by atoms with Crippen molar-refractivity contribution >= 4 is 11.6 Å². The number of carbonyl (C=O) groups is 1. The van der Waals surface area contributed by atoms with E-state index in [9.17, 15) is 4.79 Å². The lowest BCUT2D eigenvalue weighted by atomic mass is 10.0. The van der Waals surface area contributed by atoms with Crippen molar-refractivity contribution in [3.63, 3.8) is 0 Å². The number of nitrogen functional groups attached to an aromatic ring is 1. The molecule has 0 spiro atoms. The van der Waals surface area contributed by atoms with E-state index in [0.29, 0.717) is 17.2 Å². The SMILES string of the molecule is CCC(CC)CNC(=O)c1cc(C)cc(N)c1. The monoisotopic (exact) mass is 234 g/mol. The van der Waals surface area contributed by atoms with E-state index in [0.717, 1.165) is 24.9 Å². The van der Waals surface area contributed by atoms with Crippen LogP contribution >= 0.6 is 0 Å². The summed E-state index contributed by atoms with van der Waals surface area (Å²) in [5, 5.41) is 2.96. The molecule has 1 aromatic carbocycles. The Morgan fingerprint density at radius 1 is 1.29 bits per heavy atom. The van der Waals surface area contributed by atoms with Gasteiger partial charge in [0.15, 0.2) is 0 Å². The first-order valence-electron chi connectivity index (χ1n) is 6.22. The number of aryl methyl sites for hydroxylation is 1. The molecule has 0 heterocycles. The van der Waals surface area contributed by atoms with Crippen LogP contribution in [0.25, 0.3) is 0 Å². The van der Waals surface area contributed by atoms with Gasteiger partial charge in [0.25, 0.3) is 5.91 Å². The van der Waals surface area contributed by atoms with Crippen LogP contribution in [0.2, 0.25) is 0 Å². The Bertz CT molecular complexity index is 364. The summed E-state index contributed by atoms with van der Waals surface area (Å²) in [6.45, 7) is 6.96. The molecule has 3 heteroatoms. The van der Waals surface area contributed by atoms with Crippen molar-refractivity contribution in [3.8, 4) is 0 Å². The zero-order valence-corrected chi connectivity index (χ0v) is 10.9. The highest BCUT2D eigenvalue weighted by molar-refractivity contribution is 5.95. The molecule has 0 saturated heterocycles. The molecule has 17 heavy (non-hydrogen) atoms. The summed E-state index contributed by atoms with van der Waals surface area (Å²) >= 11 is 0. The maximum absolute atomic E-state index is 11.9. The van der Waals surface area contributed by atoms with Gasteiger partial charge >= 0.3 is 0 Å². The van der Waals surface area contributed by atoms with Crippen LogP contribution in [0.5, 0.6) is 0 Å². The third-order valence-corrected chi connectivity index (χ3v) is 3.07. The summed E-state index contributed by atoms with van der Waals surface area (Å²) in [5.41, 5.74) is 8.02.